The van der Waals surface area contributed by atoms with Crippen LogP contribution >= 0.6 is 11.3 Å². The van der Waals surface area contributed by atoms with Gasteiger partial charge >= 0.3 is 4.87 Å². The highest BCUT2D eigenvalue weighted by Crippen LogP contribution is 2.13. The Kier molecular flexibility index (Phi) is 5.14. The Bertz CT molecular complexity index is 924. The molecular weight excluding hydrogens is 336 g/mol. The first-order valence-corrected chi connectivity index (χ1v) is 8.94. The van der Waals surface area contributed by atoms with E-state index in [0.29, 0.717) is 18.9 Å². The Balaban J connectivity index is 1.66. The molecule has 0 atom stereocenters. The molecule has 130 valence electrons. The minimum absolute atomic E-state index is 0.0322. The van der Waals surface area contributed by atoms with E-state index in [4.69, 9.17) is 0 Å². The Morgan fingerprint density at radius 3 is 2.68 bits per heavy atom. The summed E-state index contributed by atoms with van der Waals surface area (Å²) in [6.45, 7) is 4.73. The number of hydrogen-bond acceptors (Lipinski definition) is 4. The van der Waals surface area contributed by atoms with Crippen LogP contribution in [0.2, 0.25) is 0 Å². The lowest BCUT2D eigenvalue weighted by Crippen LogP contribution is -2.21. The summed E-state index contributed by atoms with van der Waals surface area (Å²) in [5.74, 6) is 0.535. The van der Waals surface area contributed by atoms with Crippen LogP contribution < -0.4 is 10.2 Å². The van der Waals surface area contributed by atoms with Crippen molar-refractivity contribution < 1.29 is 4.79 Å². The number of nitrogens with one attached hydrogen (secondary N) is 1. The highest BCUT2D eigenvalue weighted by atomic mass is 32.1. The van der Waals surface area contributed by atoms with Crippen LogP contribution in [0.15, 0.2) is 46.6 Å². The molecule has 0 saturated heterocycles. The molecule has 2 heterocycles. The van der Waals surface area contributed by atoms with Crippen molar-refractivity contribution >= 4 is 23.1 Å². The molecule has 7 heteroatoms. The zero-order valence-electron chi connectivity index (χ0n) is 14.2. The summed E-state index contributed by atoms with van der Waals surface area (Å²) in [5.41, 5.74) is 2.84. The van der Waals surface area contributed by atoms with Crippen LogP contribution in [0.25, 0.3) is 0 Å². The number of nitrogens with zero attached hydrogens (tertiary/aromatic N) is 3. The molecule has 0 bridgehead atoms. The fraction of sp³-hybridized carbons (Fsp3) is 0.278. The SMILES string of the molecule is Cc1cc(NC(=O)CCn2c(C)csc2=O)n(Cc2ccccc2)n1. The molecule has 6 nitrogen and oxygen atoms in total. The molecule has 0 unspecified atom stereocenters. The highest BCUT2D eigenvalue weighted by Gasteiger charge is 2.11. The van der Waals surface area contributed by atoms with Gasteiger partial charge in [-0.1, -0.05) is 41.7 Å². The lowest BCUT2D eigenvalue weighted by atomic mass is 10.2. The maximum absolute atomic E-state index is 12.3. The average Bonchev–Trinajstić information content (AvgIpc) is 3.08. The Hall–Kier alpha value is -2.67. The number of hydrogen-bond donors (Lipinski definition) is 1. The fourth-order valence-electron chi connectivity index (χ4n) is 2.62. The van der Waals surface area contributed by atoms with Gasteiger partial charge in [-0.05, 0) is 19.4 Å². The van der Waals surface area contributed by atoms with Gasteiger partial charge < -0.3 is 9.88 Å². The minimum Gasteiger partial charge on any atom is -0.311 e. The number of anilines is 1. The number of carbonyl (C=O) groups excluding carboxylic acids is 1. The van der Waals surface area contributed by atoms with Crippen molar-refractivity contribution in [2.24, 2.45) is 0 Å². The Labute approximate surface area is 149 Å². The number of aromatic nitrogens is 3. The van der Waals surface area contributed by atoms with E-state index >= 15 is 0 Å². The van der Waals surface area contributed by atoms with Crippen molar-refractivity contribution in [1.82, 2.24) is 14.3 Å². The number of thiazole rings is 1. The molecule has 3 aromatic rings. The summed E-state index contributed by atoms with van der Waals surface area (Å²) in [4.78, 5) is 24.0. The van der Waals surface area contributed by atoms with Crippen LogP contribution in [0, 0.1) is 13.8 Å². The van der Waals surface area contributed by atoms with Gasteiger partial charge in [0, 0.05) is 30.1 Å². The largest absolute Gasteiger partial charge is 0.311 e. The van der Waals surface area contributed by atoms with E-state index in [1.54, 1.807) is 14.6 Å². The second-order valence-electron chi connectivity index (χ2n) is 5.91. The maximum Gasteiger partial charge on any atom is 0.307 e. The fourth-order valence-corrected chi connectivity index (χ4v) is 3.38. The van der Waals surface area contributed by atoms with Crippen molar-refractivity contribution in [2.75, 3.05) is 5.32 Å². The maximum atomic E-state index is 12.3. The van der Waals surface area contributed by atoms with Crippen LogP contribution in [-0.4, -0.2) is 20.3 Å². The average molecular weight is 356 g/mol. The van der Waals surface area contributed by atoms with Gasteiger partial charge in [-0.25, -0.2) is 4.68 Å². The second-order valence-corrected chi connectivity index (χ2v) is 6.73. The van der Waals surface area contributed by atoms with Gasteiger partial charge in [0.2, 0.25) is 5.91 Å². The number of benzene rings is 1. The molecule has 1 amide bonds. The first-order valence-electron chi connectivity index (χ1n) is 8.06. The quantitative estimate of drug-likeness (QED) is 0.738. The van der Waals surface area contributed by atoms with Gasteiger partial charge in [0.25, 0.3) is 0 Å². The molecular formula is C18H20N4O2S. The summed E-state index contributed by atoms with van der Waals surface area (Å²) in [6.07, 6.45) is 0.243. The smallest absolute Gasteiger partial charge is 0.307 e. The molecule has 0 aliphatic carbocycles. The van der Waals surface area contributed by atoms with Crippen LogP contribution in [0.3, 0.4) is 0 Å². The molecule has 25 heavy (non-hydrogen) atoms. The summed E-state index contributed by atoms with van der Waals surface area (Å²) >= 11 is 1.16. The number of amides is 1. The van der Waals surface area contributed by atoms with Crippen molar-refractivity contribution in [3.8, 4) is 0 Å². The van der Waals surface area contributed by atoms with Gasteiger partial charge in [-0.3, -0.25) is 9.59 Å². The zero-order valence-corrected chi connectivity index (χ0v) is 15.0. The van der Waals surface area contributed by atoms with Crippen LogP contribution in [0.1, 0.15) is 23.4 Å². The summed E-state index contributed by atoms with van der Waals surface area (Å²) in [7, 11) is 0. The van der Waals surface area contributed by atoms with E-state index in [1.165, 1.54) is 0 Å². The van der Waals surface area contributed by atoms with Gasteiger partial charge in [-0.2, -0.15) is 5.10 Å². The Morgan fingerprint density at radius 2 is 2.00 bits per heavy atom. The molecule has 1 aromatic carbocycles. The topological polar surface area (TPSA) is 68.9 Å². The van der Waals surface area contributed by atoms with Crippen molar-refractivity contribution in [3.63, 3.8) is 0 Å². The van der Waals surface area contributed by atoms with Gasteiger partial charge in [0.15, 0.2) is 0 Å². The molecule has 3 rings (SSSR count). The van der Waals surface area contributed by atoms with Gasteiger partial charge in [0.1, 0.15) is 5.82 Å². The molecule has 0 spiro atoms. The third-order valence-electron chi connectivity index (χ3n) is 3.88. The van der Waals surface area contributed by atoms with E-state index in [9.17, 15) is 9.59 Å². The van der Waals surface area contributed by atoms with Crippen LogP contribution in [-0.2, 0) is 17.9 Å². The predicted molar refractivity (Wildman–Crippen MR) is 99.1 cm³/mol. The monoisotopic (exact) mass is 356 g/mol. The lowest BCUT2D eigenvalue weighted by Gasteiger charge is -2.09. The summed E-state index contributed by atoms with van der Waals surface area (Å²) in [6, 6.07) is 11.8. The van der Waals surface area contributed by atoms with E-state index in [2.05, 4.69) is 10.4 Å². The zero-order chi connectivity index (χ0) is 17.8. The van der Waals surface area contributed by atoms with E-state index in [-0.39, 0.29) is 17.2 Å². The normalized spacial score (nSPS) is 10.8. The standard InChI is InChI=1S/C18H20N4O2S/c1-13-10-16(22(20-13)11-15-6-4-3-5-7-15)19-17(23)8-9-21-14(2)12-25-18(21)24/h3-7,10,12H,8-9,11H2,1-2H3,(H,19,23). The van der Waals surface area contributed by atoms with E-state index in [0.717, 1.165) is 28.3 Å². The molecule has 1 N–H and O–H groups in total. The third kappa shape index (κ3) is 4.24. The molecule has 0 aliphatic heterocycles. The van der Waals surface area contributed by atoms with Crippen LogP contribution in [0.5, 0.6) is 0 Å². The first-order chi connectivity index (χ1) is 12.0. The van der Waals surface area contributed by atoms with Crippen molar-refractivity contribution in [1.29, 1.82) is 0 Å². The molecule has 0 fully saturated rings. The molecule has 2 aromatic heterocycles. The van der Waals surface area contributed by atoms with E-state index in [1.807, 2.05) is 50.2 Å². The summed E-state index contributed by atoms with van der Waals surface area (Å²) in [5, 5.41) is 9.15. The number of aryl methyl sites for hydroxylation is 2. The number of rotatable bonds is 6. The predicted octanol–water partition coefficient (Wildman–Crippen LogP) is 2.80. The third-order valence-corrected chi connectivity index (χ3v) is 4.76. The molecule has 0 saturated carbocycles. The summed E-state index contributed by atoms with van der Waals surface area (Å²) < 4.78 is 3.40. The van der Waals surface area contributed by atoms with Gasteiger partial charge in [-0.15, -0.1) is 0 Å². The lowest BCUT2D eigenvalue weighted by molar-refractivity contribution is -0.116. The minimum atomic E-state index is -0.133. The highest BCUT2D eigenvalue weighted by molar-refractivity contribution is 7.07. The Morgan fingerprint density at radius 1 is 1.24 bits per heavy atom. The first kappa shape index (κ1) is 17.2. The molecule has 0 aliphatic rings. The van der Waals surface area contributed by atoms with Crippen molar-refractivity contribution in [3.05, 3.63) is 68.4 Å². The molecule has 0 radical (unpaired) electrons. The number of carbonyl (C=O) groups is 1. The van der Waals surface area contributed by atoms with Crippen LogP contribution in [0.4, 0.5) is 5.82 Å². The van der Waals surface area contributed by atoms with Gasteiger partial charge in [0.05, 0.1) is 12.2 Å². The van der Waals surface area contributed by atoms with E-state index < -0.39 is 0 Å². The second kappa shape index (κ2) is 7.48. The van der Waals surface area contributed by atoms with Crippen molar-refractivity contribution in [2.45, 2.75) is 33.4 Å².